The lowest BCUT2D eigenvalue weighted by Crippen LogP contribution is -2.32. The Morgan fingerprint density at radius 3 is 2.62 bits per heavy atom. The van der Waals surface area contributed by atoms with Crippen LogP contribution in [-0.2, 0) is 5.41 Å². The van der Waals surface area contributed by atoms with Crippen LogP contribution >= 0.6 is 0 Å². The highest BCUT2D eigenvalue weighted by Crippen LogP contribution is 2.40. The van der Waals surface area contributed by atoms with Gasteiger partial charge in [0.25, 0.3) is 0 Å². The topological polar surface area (TPSA) is 26.0 Å². The van der Waals surface area contributed by atoms with Crippen molar-refractivity contribution in [1.29, 1.82) is 0 Å². The standard InChI is InChI=1S/C14H20FN/c1-11(15)12-5-4-6-13(9-12)14(10-16)7-2-3-8-14/h4-6,9,11H,2-3,7-8,10,16H2,1H3. The number of nitrogens with two attached hydrogens (primary N) is 1. The zero-order chi connectivity index (χ0) is 11.6. The Hall–Kier alpha value is -0.890. The smallest absolute Gasteiger partial charge is 0.122 e. The van der Waals surface area contributed by atoms with E-state index in [2.05, 4.69) is 6.07 Å². The molecule has 1 unspecified atom stereocenters. The second kappa shape index (κ2) is 4.54. The molecular formula is C14H20FN. The largest absolute Gasteiger partial charge is 0.330 e. The average molecular weight is 221 g/mol. The van der Waals surface area contributed by atoms with Crippen molar-refractivity contribution in [3.8, 4) is 0 Å². The predicted molar refractivity (Wildman–Crippen MR) is 65.2 cm³/mol. The van der Waals surface area contributed by atoms with Crippen LogP contribution in [0.3, 0.4) is 0 Å². The third-order valence-corrected chi connectivity index (χ3v) is 3.91. The number of alkyl halides is 1. The first kappa shape index (κ1) is 11.6. The maximum Gasteiger partial charge on any atom is 0.122 e. The van der Waals surface area contributed by atoms with Crippen molar-refractivity contribution in [3.63, 3.8) is 0 Å². The van der Waals surface area contributed by atoms with Gasteiger partial charge in [-0.1, -0.05) is 37.1 Å². The molecule has 1 saturated carbocycles. The van der Waals surface area contributed by atoms with E-state index in [1.165, 1.54) is 18.4 Å². The lowest BCUT2D eigenvalue weighted by Gasteiger charge is -2.28. The zero-order valence-electron chi connectivity index (χ0n) is 9.88. The molecule has 0 radical (unpaired) electrons. The number of hydrogen-bond donors (Lipinski definition) is 1. The second-order valence-corrected chi connectivity index (χ2v) is 4.93. The minimum absolute atomic E-state index is 0.116. The number of halogens is 1. The molecule has 1 nitrogen and oxygen atoms in total. The zero-order valence-corrected chi connectivity index (χ0v) is 9.88. The molecule has 0 amide bonds. The van der Waals surface area contributed by atoms with Gasteiger partial charge in [-0.25, -0.2) is 4.39 Å². The van der Waals surface area contributed by atoms with E-state index >= 15 is 0 Å². The van der Waals surface area contributed by atoms with Crippen molar-refractivity contribution in [3.05, 3.63) is 35.4 Å². The summed E-state index contributed by atoms with van der Waals surface area (Å²) in [5.74, 6) is 0. The highest BCUT2D eigenvalue weighted by Gasteiger charge is 2.34. The summed E-state index contributed by atoms with van der Waals surface area (Å²) in [7, 11) is 0. The first-order valence-corrected chi connectivity index (χ1v) is 6.12. The molecule has 2 rings (SSSR count). The summed E-state index contributed by atoms with van der Waals surface area (Å²) in [5, 5.41) is 0. The van der Waals surface area contributed by atoms with Gasteiger partial charge >= 0.3 is 0 Å². The fraction of sp³-hybridized carbons (Fsp3) is 0.571. The summed E-state index contributed by atoms with van der Waals surface area (Å²) in [6.07, 6.45) is 3.89. The molecule has 0 spiro atoms. The molecule has 1 fully saturated rings. The quantitative estimate of drug-likeness (QED) is 0.830. The summed E-state index contributed by atoms with van der Waals surface area (Å²) < 4.78 is 13.3. The highest BCUT2D eigenvalue weighted by molar-refractivity contribution is 5.32. The van der Waals surface area contributed by atoms with Gasteiger partial charge in [-0.15, -0.1) is 0 Å². The van der Waals surface area contributed by atoms with E-state index in [9.17, 15) is 4.39 Å². The Kier molecular flexibility index (Phi) is 3.29. The van der Waals surface area contributed by atoms with Gasteiger partial charge in [0, 0.05) is 12.0 Å². The van der Waals surface area contributed by atoms with Crippen LogP contribution in [0.2, 0.25) is 0 Å². The van der Waals surface area contributed by atoms with E-state index in [1.807, 2.05) is 18.2 Å². The van der Waals surface area contributed by atoms with Crippen LogP contribution in [0.25, 0.3) is 0 Å². The Morgan fingerprint density at radius 1 is 1.38 bits per heavy atom. The van der Waals surface area contributed by atoms with Crippen LogP contribution in [0.15, 0.2) is 24.3 Å². The number of rotatable bonds is 3. The molecule has 1 aliphatic rings. The predicted octanol–water partition coefficient (Wildman–Crippen LogP) is 3.49. The summed E-state index contributed by atoms with van der Waals surface area (Å²) in [6, 6.07) is 7.91. The Balaban J connectivity index is 2.35. The van der Waals surface area contributed by atoms with Gasteiger partial charge in [0.05, 0.1) is 0 Å². The van der Waals surface area contributed by atoms with Crippen LogP contribution in [-0.4, -0.2) is 6.54 Å². The van der Waals surface area contributed by atoms with Gasteiger partial charge in [0.15, 0.2) is 0 Å². The normalized spacial score (nSPS) is 20.9. The Labute approximate surface area is 96.9 Å². The summed E-state index contributed by atoms with van der Waals surface area (Å²) in [6.45, 7) is 2.26. The molecule has 1 atom stereocenters. The fourth-order valence-electron chi connectivity index (χ4n) is 2.78. The number of benzene rings is 1. The summed E-state index contributed by atoms with van der Waals surface area (Å²) >= 11 is 0. The fourth-order valence-corrected chi connectivity index (χ4v) is 2.78. The highest BCUT2D eigenvalue weighted by atomic mass is 19.1. The lowest BCUT2D eigenvalue weighted by molar-refractivity contribution is 0.372. The molecule has 88 valence electrons. The molecule has 16 heavy (non-hydrogen) atoms. The minimum Gasteiger partial charge on any atom is -0.330 e. The lowest BCUT2D eigenvalue weighted by atomic mass is 9.78. The molecule has 0 aromatic heterocycles. The van der Waals surface area contributed by atoms with E-state index in [4.69, 9.17) is 5.73 Å². The summed E-state index contributed by atoms with van der Waals surface area (Å²) in [4.78, 5) is 0. The second-order valence-electron chi connectivity index (χ2n) is 4.93. The van der Waals surface area contributed by atoms with E-state index in [1.54, 1.807) is 6.92 Å². The van der Waals surface area contributed by atoms with Gasteiger partial charge in [-0.2, -0.15) is 0 Å². The molecule has 0 bridgehead atoms. The average Bonchev–Trinajstić information content (AvgIpc) is 2.79. The molecule has 0 saturated heterocycles. The molecule has 2 heteroatoms. The van der Waals surface area contributed by atoms with Crippen molar-refractivity contribution in [1.82, 2.24) is 0 Å². The van der Waals surface area contributed by atoms with E-state index < -0.39 is 6.17 Å². The molecule has 0 heterocycles. The van der Waals surface area contributed by atoms with Crippen LogP contribution < -0.4 is 5.73 Å². The van der Waals surface area contributed by atoms with Gasteiger partial charge < -0.3 is 5.73 Å². The first-order chi connectivity index (χ1) is 7.68. The van der Waals surface area contributed by atoms with E-state index in [-0.39, 0.29) is 5.41 Å². The van der Waals surface area contributed by atoms with Gasteiger partial charge in [0.1, 0.15) is 6.17 Å². The minimum atomic E-state index is -0.892. The Morgan fingerprint density at radius 2 is 2.06 bits per heavy atom. The molecular weight excluding hydrogens is 201 g/mol. The van der Waals surface area contributed by atoms with E-state index in [0.717, 1.165) is 18.4 Å². The van der Waals surface area contributed by atoms with Crippen LogP contribution in [0.4, 0.5) is 4.39 Å². The Bertz CT molecular complexity index is 354. The van der Waals surface area contributed by atoms with Gasteiger partial charge in [-0.3, -0.25) is 0 Å². The maximum atomic E-state index is 13.3. The van der Waals surface area contributed by atoms with Crippen molar-refractivity contribution >= 4 is 0 Å². The molecule has 1 aromatic carbocycles. The van der Waals surface area contributed by atoms with Crippen LogP contribution in [0.5, 0.6) is 0 Å². The van der Waals surface area contributed by atoms with Crippen molar-refractivity contribution in [2.75, 3.05) is 6.54 Å². The molecule has 1 aromatic rings. The van der Waals surface area contributed by atoms with E-state index in [0.29, 0.717) is 6.54 Å². The van der Waals surface area contributed by atoms with Crippen LogP contribution in [0, 0.1) is 0 Å². The van der Waals surface area contributed by atoms with Crippen molar-refractivity contribution < 1.29 is 4.39 Å². The SMILES string of the molecule is CC(F)c1cccc(C2(CN)CCCC2)c1. The third-order valence-electron chi connectivity index (χ3n) is 3.91. The first-order valence-electron chi connectivity index (χ1n) is 6.12. The molecule has 0 aliphatic heterocycles. The molecule has 1 aliphatic carbocycles. The number of hydrogen-bond acceptors (Lipinski definition) is 1. The third kappa shape index (κ3) is 1.99. The molecule has 2 N–H and O–H groups in total. The van der Waals surface area contributed by atoms with Crippen LogP contribution in [0.1, 0.15) is 49.9 Å². The van der Waals surface area contributed by atoms with Crippen molar-refractivity contribution in [2.45, 2.75) is 44.2 Å². The van der Waals surface area contributed by atoms with Gasteiger partial charge in [0.2, 0.25) is 0 Å². The monoisotopic (exact) mass is 221 g/mol. The van der Waals surface area contributed by atoms with Gasteiger partial charge in [-0.05, 0) is 30.9 Å². The maximum absolute atomic E-state index is 13.3. The van der Waals surface area contributed by atoms with Crippen molar-refractivity contribution in [2.24, 2.45) is 5.73 Å². The summed E-state index contributed by atoms with van der Waals surface area (Å²) in [5.41, 5.74) is 8.06.